The van der Waals surface area contributed by atoms with Crippen LogP contribution in [-0.2, 0) is 6.18 Å². The predicted molar refractivity (Wildman–Crippen MR) is 57.5 cm³/mol. The van der Waals surface area contributed by atoms with Gasteiger partial charge in [0, 0.05) is 6.54 Å². The van der Waals surface area contributed by atoms with Gasteiger partial charge in [-0.15, -0.1) is 10.2 Å². The molecule has 0 amide bonds. The van der Waals surface area contributed by atoms with E-state index in [9.17, 15) is 13.2 Å². The molecule has 1 aliphatic carbocycles. The maximum atomic E-state index is 12.2. The van der Waals surface area contributed by atoms with E-state index >= 15 is 0 Å². The molecule has 0 atom stereocenters. The first-order valence-electron chi connectivity index (χ1n) is 5.70. The molecule has 0 bridgehead atoms. The highest BCUT2D eigenvalue weighted by Crippen LogP contribution is 2.33. The number of aromatic nitrogens is 2. The summed E-state index contributed by atoms with van der Waals surface area (Å²) < 4.78 is 36.6. The molecule has 0 radical (unpaired) electrons. The van der Waals surface area contributed by atoms with Gasteiger partial charge < -0.3 is 5.32 Å². The predicted octanol–water partition coefficient (Wildman–Crippen LogP) is 3.10. The van der Waals surface area contributed by atoms with Gasteiger partial charge in [-0.25, -0.2) is 0 Å². The van der Waals surface area contributed by atoms with Gasteiger partial charge >= 0.3 is 6.18 Å². The molecule has 0 saturated heterocycles. The zero-order chi connectivity index (χ0) is 12.3. The molecule has 1 aromatic heterocycles. The van der Waals surface area contributed by atoms with E-state index < -0.39 is 11.9 Å². The summed E-state index contributed by atoms with van der Waals surface area (Å²) in [5.74, 6) is 1.27. The van der Waals surface area contributed by atoms with E-state index in [1.807, 2.05) is 0 Å². The fourth-order valence-corrected chi connectivity index (χ4v) is 1.59. The third kappa shape index (κ3) is 3.87. The lowest BCUT2D eigenvalue weighted by Crippen LogP contribution is -2.11. The molecule has 1 N–H and O–H groups in total. The molecule has 1 fully saturated rings. The fraction of sp³-hybridized carbons (Fsp3) is 0.636. The van der Waals surface area contributed by atoms with E-state index in [4.69, 9.17) is 0 Å². The Bertz CT molecular complexity index is 357. The van der Waals surface area contributed by atoms with Crippen LogP contribution in [-0.4, -0.2) is 16.7 Å². The van der Waals surface area contributed by atoms with Gasteiger partial charge in [0.15, 0.2) is 5.69 Å². The maximum Gasteiger partial charge on any atom is 0.435 e. The Kier molecular flexibility index (Phi) is 3.49. The number of nitrogens with zero attached hydrogens (tertiary/aromatic N) is 2. The Morgan fingerprint density at radius 1 is 1.24 bits per heavy atom. The van der Waals surface area contributed by atoms with Crippen molar-refractivity contribution in [3.63, 3.8) is 0 Å². The Hall–Kier alpha value is -1.33. The number of alkyl halides is 3. The van der Waals surface area contributed by atoms with Gasteiger partial charge in [0.1, 0.15) is 5.82 Å². The van der Waals surface area contributed by atoms with Crippen LogP contribution >= 0.6 is 0 Å². The molecule has 0 aromatic carbocycles. The van der Waals surface area contributed by atoms with E-state index in [2.05, 4.69) is 15.5 Å². The van der Waals surface area contributed by atoms with Crippen molar-refractivity contribution in [1.29, 1.82) is 0 Å². The Labute approximate surface area is 97.4 Å². The first-order chi connectivity index (χ1) is 8.05. The monoisotopic (exact) mass is 245 g/mol. The van der Waals surface area contributed by atoms with E-state index in [1.165, 1.54) is 25.3 Å². The second kappa shape index (κ2) is 4.89. The van der Waals surface area contributed by atoms with Crippen molar-refractivity contribution in [3.8, 4) is 0 Å². The molecule has 0 spiro atoms. The lowest BCUT2D eigenvalue weighted by molar-refractivity contribution is -0.141. The molecule has 1 heterocycles. The average molecular weight is 245 g/mol. The minimum Gasteiger partial charge on any atom is -0.369 e. The number of hydrogen-bond donors (Lipinski definition) is 1. The lowest BCUT2D eigenvalue weighted by atomic mass is 10.2. The molecular weight excluding hydrogens is 231 g/mol. The van der Waals surface area contributed by atoms with Crippen molar-refractivity contribution in [2.75, 3.05) is 11.9 Å². The Morgan fingerprint density at radius 3 is 2.53 bits per heavy atom. The smallest absolute Gasteiger partial charge is 0.369 e. The van der Waals surface area contributed by atoms with Gasteiger partial charge in [0.25, 0.3) is 0 Å². The summed E-state index contributed by atoms with van der Waals surface area (Å²) in [5, 5.41) is 9.60. The van der Waals surface area contributed by atoms with Crippen LogP contribution in [0.5, 0.6) is 0 Å². The molecule has 2 rings (SSSR count). The first kappa shape index (κ1) is 12.1. The van der Waals surface area contributed by atoms with Crippen molar-refractivity contribution in [2.24, 2.45) is 5.92 Å². The summed E-state index contributed by atoms with van der Waals surface area (Å²) in [6, 6.07) is 2.25. The largest absolute Gasteiger partial charge is 0.435 e. The van der Waals surface area contributed by atoms with Gasteiger partial charge in [0.2, 0.25) is 0 Å². The SMILES string of the molecule is FC(F)(F)c1ccc(NCCCC2CC2)nn1. The second-order valence-electron chi connectivity index (χ2n) is 4.31. The summed E-state index contributed by atoms with van der Waals surface area (Å²) in [6.07, 6.45) is 0.423. The maximum absolute atomic E-state index is 12.2. The van der Waals surface area contributed by atoms with Gasteiger partial charge in [-0.05, 0) is 30.9 Å². The number of hydrogen-bond acceptors (Lipinski definition) is 3. The normalized spacial score (nSPS) is 15.9. The van der Waals surface area contributed by atoms with E-state index in [0.717, 1.165) is 24.9 Å². The topological polar surface area (TPSA) is 37.8 Å². The second-order valence-corrected chi connectivity index (χ2v) is 4.31. The Balaban J connectivity index is 1.76. The third-order valence-electron chi connectivity index (χ3n) is 2.75. The highest BCUT2D eigenvalue weighted by molar-refractivity contribution is 5.33. The van der Waals surface area contributed by atoms with E-state index in [0.29, 0.717) is 5.82 Å². The summed E-state index contributed by atoms with van der Waals surface area (Å²) >= 11 is 0. The molecule has 1 aromatic rings. The summed E-state index contributed by atoms with van der Waals surface area (Å²) in [7, 11) is 0. The van der Waals surface area contributed by atoms with Gasteiger partial charge in [-0.1, -0.05) is 12.8 Å². The first-order valence-corrected chi connectivity index (χ1v) is 5.70. The van der Waals surface area contributed by atoms with Crippen LogP contribution in [0.1, 0.15) is 31.4 Å². The quantitative estimate of drug-likeness (QED) is 0.810. The van der Waals surface area contributed by atoms with Crippen LogP contribution in [0.25, 0.3) is 0 Å². The van der Waals surface area contributed by atoms with Crippen molar-refractivity contribution < 1.29 is 13.2 Å². The van der Waals surface area contributed by atoms with Crippen LogP contribution in [0.15, 0.2) is 12.1 Å². The Morgan fingerprint density at radius 2 is 2.00 bits per heavy atom. The molecule has 94 valence electrons. The molecule has 6 heteroatoms. The molecule has 0 unspecified atom stereocenters. The number of nitrogens with one attached hydrogen (secondary N) is 1. The van der Waals surface area contributed by atoms with Crippen molar-refractivity contribution in [2.45, 2.75) is 31.9 Å². The van der Waals surface area contributed by atoms with Crippen LogP contribution < -0.4 is 5.32 Å². The van der Waals surface area contributed by atoms with E-state index in [1.54, 1.807) is 0 Å². The third-order valence-corrected chi connectivity index (χ3v) is 2.75. The molecule has 17 heavy (non-hydrogen) atoms. The zero-order valence-corrected chi connectivity index (χ0v) is 9.30. The summed E-state index contributed by atoms with van der Waals surface area (Å²) in [5.41, 5.74) is -0.957. The van der Waals surface area contributed by atoms with E-state index in [-0.39, 0.29) is 0 Å². The fourth-order valence-electron chi connectivity index (χ4n) is 1.59. The zero-order valence-electron chi connectivity index (χ0n) is 9.30. The van der Waals surface area contributed by atoms with Crippen LogP contribution in [0.2, 0.25) is 0 Å². The molecule has 0 aliphatic heterocycles. The van der Waals surface area contributed by atoms with Crippen LogP contribution in [0.3, 0.4) is 0 Å². The minimum absolute atomic E-state index is 0.397. The molecule has 3 nitrogen and oxygen atoms in total. The average Bonchev–Trinajstić information content (AvgIpc) is 3.08. The summed E-state index contributed by atoms with van der Waals surface area (Å²) in [4.78, 5) is 0. The van der Waals surface area contributed by atoms with Crippen LogP contribution in [0.4, 0.5) is 19.0 Å². The number of halogens is 3. The summed E-state index contributed by atoms with van der Waals surface area (Å²) in [6.45, 7) is 0.733. The standard InChI is InChI=1S/C11H14F3N3/c12-11(13,14)9-5-6-10(17-16-9)15-7-1-2-8-3-4-8/h5-6,8H,1-4,7H2,(H,15,17). The highest BCUT2D eigenvalue weighted by Gasteiger charge is 2.32. The molecule has 1 aliphatic rings. The number of rotatable bonds is 5. The lowest BCUT2D eigenvalue weighted by Gasteiger charge is -2.07. The van der Waals surface area contributed by atoms with Gasteiger partial charge in [-0.2, -0.15) is 13.2 Å². The van der Waals surface area contributed by atoms with Gasteiger partial charge in [0.05, 0.1) is 0 Å². The van der Waals surface area contributed by atoms with Crippen molar-refractivity contribution >= 4 is 5.82 Å². The highest BCUT2D eigenvalue weighted by atomic mass is 19.4. The van der Waals surface area contributed by atoms with Crippen LogP contribution in [0, 0.1) is 5.92 Å². The van der Waals surface area contributed by atoms with Gasteiger partial charge in [-0.3, -0.25) is 0 Å². The van der Waals surface area contributed by atoms with Crippen molar-refractivity contribution in [3.05, 3.63) is 17.8 Å². The van der Waals surface area contributed by atoms with Crippen molar-refractivity contribution in [1.82, 2.24) is 10.2 Å². The molecule has 1 saturated carbocycles. The molecular formula is C11H14F3N3. The minimum atomic E-state index is -4.42. The number of anilines is 1.